The number of hydrogen-bond acceptors (Lipinski definition) is 3. The number of aromatic nitrogens is 1. The van der Waals surface area contributed by atoms with Crippen molar-refractivity contribution in [3.05, 3.63) is 47.8 Å². The summed E-state index contributed by atoms with van der Waals surface area (Å²) in [7, 11) is -3.47. The molecule has 6 heteroatoms. The molecule has 0 saturated heterocycles. The molecule has 3 rings (SSSR count). The Morgan fingerprint density at radius 2 is 2.16 bits per heavy atom. The zero-order chi connectivity index (χ0) is 13.5. The summed E-state index contributed by atoms with van der Waals surface area (Å²) in [4.78, 5) is 3.01. The lowest BCUT2D eigenvalue weighted by Crippen LogP contribution is -2.27. The minimum absolute atomic E-state index is 0.171. The van der Waals surface area contributed by atoms with Crippen molar-refractivity contribution < 1.29 is 8.42 Å². The maximum atomic E-state index is 12.2. The zero-order valence-corrected chi connectivity index (χ0v) is 11.1. The minimum atomic E-state index is -3.47. The van der Waals surface area contributed by atoms with Gasteiger partial charge in [-0.1, -0.05) is 6.07 Å². The number of sulfonamides is 1. The minimum Gasteiger partial charge on any atom is -0.399 e. The molecular formula is C13H15N3O2S. The molecule has 1 aromatic heterocycles. The summed E-state index contributed by atoms with van der Waals surface area (Å²) in [6, 6.07) is 7.00. The topological polar surface area (TPSA) is 88.0 Å². The summed E-state index contributed by atoms with van der Waals surface area (Å²) >= 11 is 0. The molecule has 1 aliphatic rings. The van der Waals surface area contributed by atoms with Crippen LogP contribution < -0.4 is 10.5 Å². The number of aromatic amines is 1. The number of rotatable bonds is 3. The van der Waals surface area contributed by atoms with Gasteiger partial charge in [0.1, 0.15) is 0 Å². The lowest BCUT2D eigenvalue weighted by atomic mass is 10.1. The van der Waals surface area contributed by atoms with E-state index in [4.69, 9.17) is 5.73 Å². The van der Waals surface area contributed by atoms with Crippen LogP contribution in [-0.4, -0.2) is 13.4 Å². The van der Waals surface area contributed by atoms with Crippen LogP contribution in [0, 0.1) is 0 Å². The average molecular weight is 277 g/mol. The first-order chi connectivity index (χ1) is 9.06. The lowest BCUT2D eigenvalue weighted by Gasteiger charge is -2.13. The molecule has 2 aromatic rings. The maximum Gasteiger partial charge on any atom is 0.242 e. The van der Waals surface area contributed by atoms with Crippen molar-refractivity contribution in [2.75, 3.05) is 5.73 Å². The van der Waals surface area contributed by atoms with E-state index in [1.54, 1.807) is 12.3 Å². The first-order valence-corrected chi connectivity index (χ1v) is 7.58. The largest absolute Gasteiger partial charge is 0.399 e. The van der Waals surface area contributed by atoms with Crippen molar-refractivity contribution in [3.63, 3.8) is 0 Å². The predicted octanol–water partition coefficient (Wildman–Crippen LogP) is 1.56. The fraction of sp³-hybridized carbons (Fsp3) is 0.231. The normalized spacial score (nSPS) is 18.4. The molecule has 1 aliphatic carbocycles. The molecule has 0 radical (unpaired) electrons. The van der Waals surface area contributed by atoms with Crippen molar-refractivity contribution in [3.8, 4) is 0 Å². The van der Waals surface area contributed by atoms with E-state index in [1.807, 2.05) is 18.2 Å². The third-order valence-electron chi connectivity index (χ3n) is 3.42. The second-order valence-corrected chi connectivity index (χ2v) is 6.43. The molecule has 100 valence electrons. The molecule has 4 N–H and O–H groups in total. The van der Waals surface area contributed by atoms with E-state index >= 15 is 0 Å². The van der Waals surface area contributed by atoms with E-state index in [0.29, 0.717) is 5.69 Å². The average Bonchev–Trinajstić information content (AvgIpc) is 2.98. The Labute approximate surface area is 111 Å². The van der Waals surface area contributed by atoms with Crippen LogP contribution >= 0.6 is 0 Å². The summed E-state index contributed by atoms with van der Waals surface area (Å²) in [5.74, 6) is 0. The third kappa shape index (κ3) is 2.24. The Hall–Kier alpha value is -1.79. The number of nitrogen functional groups attached to an aromatic ring is 1. The lowest BCUT2D eigenvalue weighted by molar-refractivity contribution is 0.554. The molecule has 1 atom stereocenters. The Balaban J connectivity index is 1.88. The van der Waals surface area contributed by atoms with E-state index in [1.165, 1.54) is 6.20 Å². The summed E-state index contributed by atoms with van der Waals surface area (Å²) in [6.07, 6.45) is 4.68. The van der Waals surface area contributed by atoms with Crippen molar-refractivity contribution in [2.45, 2.75) is 23.8 Å². The van der Waals surface area contributed by atoms with Crippen molar-refractivity contribution in [1.29, 1.82) is 0 Å². The highest BCUT2D eigenvalue weighted by atomic mass is 32.2. The van der Waals surface area contributed by atoms with E-state index in [2.05, 4.69) is 9.71 Å². The number of hydrogen-bond donors (Lipinski definition) is 3. The van der Waals surface area contributed by atoms with Crippen molar-refractivity contribution >= 4 is 15.7 Å². The van der Waals surface area contributed by atoms with Gasteiger partial charge in [-0.05, 0) is 42.2 Å². The number of nitrogens with two attached hydrogens (primary N) is 1. The molecule has 0 bridgehead atoms. The quantitative estimate of drug-likeness (QED) is 0.744. The van der Waals surface area contributed by atoms with Crippen LogP contribution in [0.25, 0.3) is 0 Å². The number of nitrogens with one attached hydrogen (secondary N) is 2. The summed E-state index contributed by atoms with van der Waals surface area (Å²) < 4.78 is 27.1. The Bertz CT molecular complexity index is 693. The first-order valence-electron chi connectivity index (χ1n) is 6.10. The van der Waals surface area contributed by atoms with E-state index in [9.17, 15) is 8.42 Å². The van der Waals surface area contributed by atoms with Crippen LogP contribution in [0.4, 0.5) is 5.69 Å². The summed E-state index contributed by atoms with van der Waals surface area (Å²) in [5.41, 5.74) is 8.60. The third-order valence-corrected chi connectivity index (χ3v) is 4.89. The van der Waals surface area contributed by atoms with E-state index in [0.717, 1.165) is 24.0 Å². The van der Waals surface area contributed by atoms with Crippen LogP contribution in [0.1, 0.15) is 23.6 Å². The molecule has 0 saturated carbocycles. The van der Waals surface area contributed by atoms with Gasteiger partial charge in [-0.3, -0.25) is 0 Å². The number of fused-ring (bicyclic) bond motifs is 1. The molecule has 1 aromatic carbocycles. The molecule has 0 aliphatic heterocycles. The summed E-state index contributed by atoms with van der Waals surface area (Å²) in [5, 5.41) is 0. The number of anilines is 1. The molecular weight excluding hydrogens is 262 g/mol. The van der Waals surface area contributed by atoms with Crippen LogP contribution in [-0.2, 0) is 16.4 Å². The zero-order valence-electron chi connectivity index (χ0n) is 10.3. The van der Waals surface area contributed by atoms with Gasteiger partial charge in [0.05, 0.1) is 4.90 Å². The van der Waals surface area contributed by atoms with Crippen LogP contribution in [0.5, 0.6) is 0 Å². The maximum absolute atomic E-state index is 12.2. The molecule has 1 heterocycles. The van der Waals surface area contributed by atoms with Crippen molar-refractivity contribution in [2.24, 2.45) is 0 Å². The second kappa shape index (κ2) is 4.40. The molecule has 0 spiro atoms. The molecule has 5 nitrogen and oxygen atoms in total. The Kier molecular flexibility index (Phi) is 2.83. The smallest absolute Gasteiger partial charge is 0.242 e. The number of H-pyrrole nitrogens is 1. The number of aryl methyl sites for hydroxylation is 1. The van der Waals surface area contributed by atoms with Gasteiger partial charge >= 0.3 is 0 Å². The monoisotopic (exact) mass is 277 g/mol. The standard InChI is InChI=1S/C13H15N3O2S/c14-10-2-3-12-9(7-10)1-4-13(12)16-19(17,18)11-5-6-15-8-11/h2-3,5-8,13,15-16H,1,4,14H2. The van der Waals surface area contributed by atoms with Gasteiger partial charge in [0.2, 0.25) is 10.0 Å². The molecule has 1 unspecified atom stereocenters. The Morgan fingerprint density at radius 1 is 1.32 bits per heavy atom. The van der Waals surface area contributed by atoms with E-state index in [-0.39, 0.29) is 10.9 Å². The van der Waals surface area contributed by atoms with Gasteiger partial charge in [-0.25, -0.2) is 13.1 Å². The molecule has 19 heavy (non-hydrogen) atoms. The van der Waals surface area contributed by atoms with Gasteiger partial charge < -0.3 is 10.7 Å². The highest BCUT2D eigenvalue weighted by molar-refractivity contribution is 7.89. The number of benzene rings is 1. The van der Waals surface area contributed by atoms with E-state index < -0.39 is 10.0 Å². The molecule has 0 amide bonds. The van der Waals surface area contributed by atoms with Crippen LogP contribution in [0.2, 0.25) is 0 Å². The van der Waals surface area contributed by atoms with Gasteiger partial charge in [-0.2, -0.15) is 0 Å². The highest BCUT2D eigenvalue weighted by Gasteiger charge is 2.27. The second-order valence-electron chi connectivity index (χ2n) is 4.72. The predicted molar refractivity (Wildman–Crippen MR) is 73.0 cm³/mol. The van der Waals surface area contributed by atoms with Gasteiger partial charge in [-0.15, -0.1) is 0 Å². The molecule has 0 fully saturated rings. The first kappa shape index (κ1) is 12.3. The van der Waals surface area contributed by atoms with Crippen LogP contribution in [0.15, 0.2) is 41.6 Å². The summed E-state index contributed by atoms with van der Waals surface area (Å²) in [6.45, 7) is 0. The van der Waals surface area contributed by atoms with Gasteiger partial charge in [0.15, 0.2) is 0 Å². The van der Waals surface area contributed by atoms with Gasteiger partial charge in [0.25, 0.3) is 0 Å². The fourth-order valence-electron chi connectivity index (χ4n) is 2.49. The fourth-order valence-corrected chi connectivity index (χ4v) is 3.72. The Morgan fingerprint density at radius 3 is 2.89 bits per heavy atom. The van der Waals surface area contributed by atoms with Crippen molar-refractivity contribution in [1.82, 2.24) is 9.71 Å². The van der Waals surface area contributed by atoms with Crippen LogP contribution in [0.3, 0.4) is 0 Å². The van der Waals surface area contributed by atoms with Gasteiger partial charge in [0, 0.05) is 24.1 Å². The SMILES string of the molecule is Nc1ccc2c(c1)CCC2NS(=O)(=O)c1cc[nH]c1. The highest BCUT2D eigenvalue weighted by Crippen LogP contribution is 2.33.